The zero-order valence-corrected chi connectivity index (χ0v) is 15.6. The molecule has 1 saturated heterocycles. The molecule has 0 spiro atoms. The number of piperazine rings is 1. The van der Waals surface area contributed by atoms with Crippen LogP contribution in [0.25, 0.3) is 0 Å². The van der Waals surface area contributed by atoms with Gasteiger partial charge in [-0.05, 0) is 18.2 Å². The monoisotopic (exact) mass is 351 g/mol. The summed E-state index contributed by atoms with van der Waals surface area (Å²) in [6, 6.07) is 5.58. The summed E-state index contributed by atoms with van der Waals surface area (Å²) in [5.74, 6) is 0.131. The van der Waals surface area contributed by atoms with Gasteiger partial charge in [-0.1, -0.05) is 39.3 Å². The minimum atomic E-state index is -0.0741. The molecule has 1 N–H and O–H groups in total. The van der Waals surface area contributed by atoms with Gasteiger partial charge in [-0.25, -0.2) is 0 Å². The molecule has 5 nitrogen and oxygen atoms in total. The Kier molecular flexibility index (Phi) is 6.10. The van der Waals surface area contributed by atoms with Crippen LogP contribution in [0.3, 0.4) is 0 Å². The molecule has 1 aliphatic heterocycles. The molecule has 2 amide bonds. The minimum Gasteiger partial charge on any atom is -0.367 e. The Morgan fingerprint density at radius 3 is 2.17 bits per heavy atom. The van der Waals surface area contributed by atoms with E-state index >= 15 is 0 Å². The van der Waals surface area contributed by atoms with E-state index in [-0.39, 0.29) is 23.7 Å². The molecule has 0 unspecified atom stereocenters. The van der Waals surface area contributed by atoms with Crippen molar-refractivity contribution in [3.05, 3.63) is 23.2 Å². The third-order valence-corrected chi connectivity index (χ3v) is 4.47. The summed E-state index contributed by atoms with van der Waals surface area (Å²) in [6.07, 6.45) is 0. The maximum Gasteiger partial charge on any atom is 0.226 e. The van der Waals surface area contributed by atoms with E-state index in [1.54, 1.807) is 6.07 Å². The van der Waals surface area contributed by atoms with E-state index in [1.165, 1.54) is 0 Å². The maximum atomic E-state index is 12.1. The van der Waals surface area contributed by atoms with Crippen molar-refractivity contribution in [1.29, 1.82) is 0 Å². The second-order valence-corrected chi connectivity index (χ2v) is 7.18. The van der Waals surface area contributed by atoms with Gasteiger partial charge in [0, 0.05) is 43.7 Å². The number of carbonyl (C=O) groups is 2. The Bertz CT molecular complexity index is 608. The molecule has 0 aliphatic carbocycles. The van der Waals surface area contributed by atoms with Gasteiger partial charge in [0.15, 0.2) is 0 Å². The lowest BCUT2D eigenvalue weighted by Gasteiger charge is -2.37. The van der Waals surface area contributed by atoms with Crippen LogP contribution in [0.15, 0.2) is 18.2 Å². The molecule has 1 aromatic carbocycles. The maximum absolute atomic E-state index is 12.1. The van der Waals surface area contributed by atoms with Gasteiger partial charge in [0.05, 0.1) is 10.7 Å². The van der Waals surface area contributed by atoms with E-state index < -0.39 is 0 Å². The molecule has 0 bridgehead atoms. The number of anilines is 2. The van der Waals surface area contributed by atoms with Crippen LogP contribution in [-0.2, 0) is 9.59 Å². The fourth-order valence-corrected chi connectivity index (χ4v) is 2.96. The van der Waals surface area contributed by atoms with Crippen molar-refractivity contribution in [3.63, 3.8) is 0 Å². The number of benzene rings is 1. The Labute approximate surface area is 149 Å². The van der Waals surface area contributed by atoms with Crippen molar-refractivity contribution in [2.75, 3.05) is 36.4 Å². The first kappa shape index (κ1) is 18.6. The molecule has 1 heterocycles. The van der Waals surface area contributed by atoms with Crippen LogP contribution in [-0.4, -0.2) is 42.9 Å². The molecule has 0 aromatic heterocycles. The van der Waals surface area contributed by atoms with Crippen LogP contribution in [0, 0.1) is 11.8 Å². The largest absolute Gasteiger partial charge is 0.367 e. The second-order valence-electron chi connectivity index (χ2n) is 6.78. The number of carbonyl (C=O) groups excluding carboxylic acids is 2. The van der Waals surface area contributed by atoms with Gasteiger partial charge in [0.25, 0.3) is 0 Å². The molecule has 0 atom stereocenters. The predicted octanol–water partition coefficient (Wildman–Crippen LogP) is 3.24. The molecule has 0 radical (unpaired) electrons. The van der Waals surface area contributed by atoms with E-state index in [2.05, 4.69) is 10.2 Å². The number of rotatable bonds is 4. The molecule has 24 heavy (non-hydrogen) atoms. The summed E-state index contributed by atoms with van der Waals surface area (Å²) in [6.45, 7) is 10.5. The van der Waals surface area contributed by atoms with Crippen LogP contribution < -0.4 is 10.2 Å². The van der Waals surface area contributed by atoms with Crippen LogP contribution in [0.4, 0.5) is 11.4 Å². The summed E-state index contributed by atoms with van der Waals surface area (Å²) < 4.78 is 0. The van der Waals surface area contributed by atoms with Gasteiger partial charge in [0.2, 0.25) is 11.8 Å². The lowest BCUT2D eigenvalue weighted by molar-refractivity contribution is -0.134. The molecule has 2 rings (SSSR count). The number of nitrogens with one attached hydrogen (secondary N) is 1. The highest BCUT2D eigenvalue weighted by atomic mass is 35.5. The van der Waals surface area contributed by atoms with Gasteiger partial charge in [-0.2, -0.15) is 0 Å². The number of hydrogen-bond donors (Lipinski definition) is 1. The van der Waals surface area contributed by atoms with Gasteiger partial charge >= 0.3 is 0 Å². The first-order chi connectivity index (χ1) is 11.3. The molecule has 1 fully saturated rings. The van der Waals surface area contributed by atoms with Crippen molar-refractivity contribution in [2.24, 2.45) is 11.8 Å². The Balaban J connectivity index is 2.01. The van der Waals surface area contributed by atoms with E-state index in [0.29, 0.717) is 23.8 Å². The third-order valence-electron chi connectivity index (χ3n) is 4.17. The SMILES string of the molecule is CC(C)C(=O)Nc1ccc(N2CCN(C(=O)C(C)C)CC2)c(Cl)c1. The molecule has 1 aliphatic rings. The standard InChI is InChI=1S/C18H26ClN3O2/c1-12(2)17(23)20-14-5-6-16(15(19)11-14)21-7-9-22(10-8-21)18(24)13(3)4/h5-6,11-13H,7-10H2,1-4H3,(H,20,23). The molecule has 6 heteroatoms. The van der Waals surface area contributed by atoms with Gasteiger partial charge in [0.1, 0.15) is 0 Å². The minimum absolute atomic E-state index is 0.0281. The van der Waals surface area contributed by atoms with E-state index in [0.717, 1.165) is 18.8 Å². The molecular formula is C18H26ClN3O2. The lowest BCUT2D eigenvalue weighted by atomic mass is 10.1. The Morgan fingerprint density at radius 1 is 1.04 bits per heavy atom. The third kappa shape index (κ3) is 4.41. The zero-order chi connectivity index (χ0) is 17.9. The normalized spacial score (nSPS) is 15.1. The van der Waals surface area contributed by atoms with E-state index in [4.69, 9.17) is 11.6 Å². The smallest absolute Gasteiger partial charge is 0.226 e. The fraction of sp³-hybridized carbons (Fsp3) is 0.556. The van der Waals surface area contributed by atoms with E-state index in [1.807, 2.05) is 44.7 Å². The van der Waals surface area contributed by atoms with Gasteiger partial charge in [-0.15, -0.1) is 0 Å². The predicted molar refractivity (Wildman–Crippen MR) is 98.6 cm³/mol. The van der Waals surface area contributed by atoms with Crippen molar-refractivity contribution in [1.82, 2.24) is 4.90 Å². The van der Waals surface area contributed by atoms with Crippen LogP contribution >= 0.6 is 11.6 Å². The highest BCUT2D eigenvalue weighted by molar-refractivity contribution is 6.33. The lowest BCUT2D eigenvalue weighted by Crippen LogP contribution is -2.50. The first-order valence-electron chi connectivity index (χ1n) is 8.43. The van der Waals surface area contributed by atoms with Gasteiger partial charge in [-0.3, -0.25) is 9.59 Å². The van der Waals surface area contributed by atoms with E-state index in [9.17, 15) is 9.59 Å². The molecule has 132 valence electrons. The van der Waals surface area contributed by atoms with Crippen molar-refractivity contribution < 1.29 is 9.59 Å². The highest BCUT2D eigenvalue weighted by Crippen LogP contribution is 2.30. The summed E-state index contributed by atoms with van der Waals surface area (Å²) >= 11 is 6.40. The summed E-state index contributed by atoms with van der Waals surface area (Å²) in [4.78, 5) is 27.9. The Morgan fingerprint density at radius 2 is 1.67 bits per heavy atom. The van der Waals surface area contributed by atoms with Crippen LogP contribution in [0.5, 0.6) is 0 Å². The quantitative estimate of drug-likeness (QED) is 0.906. The van der Waals surface area contributed by atoms with Crippen molar-refractivity contribution in [2.45, 2.75) is 27.7 Å². The number of amides is 2. The topological polar surface area (TPSA) is 52.7 Å². The number of halogens is 1. The fourth-order valence-electron chi connectivity index (χ4n) is 2.66. The average molecular weight is 352 g/mol. The average Bonchev–Trinajstić information content (AvgIpc) is 2.54. The zero-order valence-electron chi connectivity index (χ0n) is 14.8. The molecule has 1 aromatic rings. The summed E-state index contributed by atoms with van der Waals surface area (Å²) in [7, 11) is 0. The first-order valence-corrected chi connectivity index (χ1v) is 8.81. The van der Waals surface area contributed by atoms with Crippen molar-refractivity contribution >= 4 is 34.8 Å². The van der Waals surface area contributed by atoms with Gasteiger partial charge < -0.3 is 15.1 Å². The Hall–Kier alpha value is -1.75. The van der Waals surface area contributed by atoms with Crippen LogP contribution in [0.2, 0.25) is 5.02 Å². The highest BCUT2D eigenvalue weighted by Gasteiger charge is 2.24. The summed E-state index contributed by atoms with van der Waals surface area (Å²) in [5.41, 5.74) is 1.65. The molecule has 0 saturated carbocycles. The van der Waals surface area contributed by atoms with Crippen molar-refractivity contribution in [3.8, 4) is 0 Å². The number of hydrogen-bond acceptors (Lipinski definition) is 3. The number of nitrogens with zero attached hydrogens (tertiary/aromatic N) is 2. The second kappa shape index (κ2) is 7.88. The molecular weight excluding hydrogens is 326 g/mol. The van der Waals surface area contributed by atoms with Crippen LogP contribution in [0.1, 0.15) is 27.7 Å². The summed E-state index contributed by atoms with van der Waals surface area (Å²) in [5, 5.41) is 3.46.